The molecular weight excluding hydrogens is 450 g/mol. The van der Waals surface area contributed by atoms with Crippen LogP contribution in [0.4, 0.5) is 0 Å². The van der Waals surface area contributed by atoms with Gasteiger partial charge in [-0.1, -0.05) is 81.6 Å². The minimum atomic E-state index is -0.381. The Kier molecular flexibility index (Phi) is 5.48. The van der Waals surface area contributed by atoms with Gasteiger partial charge in [0.1, 0.15) is 0 Å². The standard InChI is InChI=1S/C24H19BrClNO2/c1-15-2-6-17(7-3-15)21-22(18-8-10-19(25)11-9-18)27(24(29)23(21)28)14-16-4-12-20(26)13-5-16/h2-13,22,28H,14H2,1H3/t22-/m1/s1. The number of benzene rings is 3. The number of rotatable bonds is 4. The molecule has 0 radical (unpaired) electrons. The summed E-state index contributed by atoms with van der Waals surface area (Å²) in [5.41, 5.74) is 4.48. The van der Waals surface area contributed by atoms with Gasteiger partial charge in [0.25, 0.3) is 5.91 Å². The Labute approximate surface area is 183 Å². The molecule has 146 valence electrons. The average molecular weight is 469 g/mol. The van der Waals surface area contributed by atoms with Gasteiger partial charge in [-0.05, 0) is 47.9 Å². The van der Waals surface area contributed by atoms with Crippen molar-refractivity contribution in [1.29, 1.82) is 0 Å². The highest BCUT2D eigenvalue weighted by Crippen LogP contribution is 2.44. The third kappa shape index (κ3) is 3.96. The summed E-state index contributed by atoms with van der Waals surface area (Å²) in [6, 6.07) is 22.7. The second-order valence-electron chi connectivity index (χ2n) is 7.14. The number of aliphatic hydroxyl groups excluding tert-OH is 1. The van der Waals surface area contributed by atoms with E-state index in [9.17, 15) is 9.90 Å². The summed E-state index contributed by atoms with van der Waals surface area (Å²) in [5.74, 6) is -0.570. The summed E-state index contributed by atoms with van der Waals surface area (Å²) in [6.45, 7) is 2.38. The van der Waals surface area contributed by atoms with E-state index < -0.39 is 0 Å². The molecule has 0 aromatic heterocycles. The highest BCUT2D eigenvalue weighted by molar-refractivity contribution is 9.10. The molecule has 5 heteroatoms. The predicted molar refractivity (Wildman–Crippen MR) is 120 cm³/mol. The van der Waals surface area contributed by atoms with E-state index in [0.29, 0.717) is 17.1 Å². The van der Waals surface area contributed by atoms with Gasteiger partial charge in [-0.2, -0.15) is 0 Å². The number of halogens is 2. The van der Waals surface area contributed by atoms with Crippen LogP contribution in [0.3, 0.4) is 0 Å². The number of carbonyl (C=O) groups is 1. The van der Waals surface area contributed by atoms with Crippen LogP contribution < -0.4 is 0 Å². The Morgan fingerprint density at radius 1 is 0.966 bits per heavy atom. The van der Waals surface area contributed by atoms with Crippen LogP contribution in [0.25, 0.3) is 5.57 Å². The number of hydrogen-bond acceptors (Lipinski definition) is 2. The van der Waals surface area contributed by atoms with Crippen molar-refractivity contribution in [2.45, 2.75) is 19.5 Å². The fraction of sp³-hybridized carbons (Fsp3) is 0.125. The van der Waals surface area contributed by atoms with E-state index >= 15 is 0 Å². The SMILES string of the molecule is Cc1ccc(C2=C(O)C(=O)N(Cc3ccc(Cl)cc3)[C@@H]2c2ccc(Br)cc2)cc1. The van der Waals surface area contributed by atoms with Gasteiger partial charge in [0.2, 0.25) is 0 Å². The number of amides is 1. The molecule has 1 aliphatic rings. The normalized spacial score (nSPS) is 16.6. The molecule has 3 nitrogen and oxygen atoms in total. The highest BCUT2D eigenvalue weighted by Gasteiger charge is 2.40. The molecule has 4 rings (SSSR count). The van der Waals surface area contributed by atoms with Crippen LogP contribution in [-0.4, -0.2) is 15.9 Å². The number of nitrogens with zero attached hydrogens (tertiary/aromatic N) is 1. The van der Waals surface area contributed by atoms with E-state index in [2.05, 4.69) is 15.9 Å². The number of aryl methyl sites for hydroxylation is 1. The minimum Gasteiger partial charge on any atom is -0.503 e. The van der Waals surface area contributed by atoms with E-state index in [1.54, 1.807) is 17.0 Å². The van der Waals surface area contributed by atoms with Gasteiger partial charge in [0, 0.05) is 21.6 Å². The van der Waals surface area contributed by atoms with Crippen LogP contribution in [0.15, 0.2) is 83.0 Å². The summed E-state index contributed by atoms with van der Waals surface area (Å²) >= 11 is 9.47. The smallest absolute Gasteiger partial charge is 0.290 e. The molecule has 3 aromatic rings. The summed E-state index contributed by atoms with van der Waals surface area (Å²) in [5, 5.41) is 11.5. The molecule has 1 N–H and O–H groups in total. The summed E-state index contributed by atoms with van der Waals surface area (Å²) in [7, 11) is 0. The van der Waals surface area contributed by atoms with Crippen molar-refractivity contribution < 1.29 is 9.90 Å². The molecule has 0 bridgehead atoms. The Bertz CT molecular complexity index is 1070. The number of hydrogen-bond donors (Lipinski definition) is 1. The monoisotopic (exact) mass is 467 g/mol. The summed E-state index contributed by atoms with van der Waals surface area (Å²) in [4.78, 5) is 14.8. The van der Waals surface area contributed by atoms with Gasteiger partial charge in [-0.25, -0.2) is 0 Å². The first kappa shape index (κ1) is 19.7. The quantitative estimate of drug-likeness (QED) is 0.477. The zero-order valence-electron chi connectivity index (χ0n) is 15.8. The first-order valence-electron chi connectivity index (χ1n) is 9.25. The van der Waals surface area contributed by atoms with Crippen LogP contribution in [0, 0.1) is 6.92 Å². The van der Waals surface area contributed by atoms with Gasteiger partial charge in [0.05, 0.1) is 6.04 Å². The molecule has 1 atom stereocenters. The third-order valence-electron chi connectivity index (χ3n) is 5.12. The Morgan fingerprint density at radius 2 is 1.59 bits per heavy atom. The maximum absolute atomic E-state index is 13.1. The lowest BCUT2D eigenvalue weighted by molar-refractivity contribution is -0.130. The third-order valence-corrected chi connectivity index (χ3v) is 5.90. The molecule has 1 heterocycles. The van der Waals surface area contributed by atoms with Crippen LogP contribution in [-0.2, 0) is 11.3 Å². The molecule has 1 aliphatic heterocycles. The largest absolute Gasteiger partial charge is 0.503 e. The molecule has 29 heavy (non-hydrogen) atoms. The second kappa shape index (κ2) is 8.05. The minimum absolute atomic E-state index is 0.198. The first-order chi connectivity index (χ1) is 13.9. The summed E-state index contributed by atoms with van der Waals surface area (Å²) < 4.78 is 0.958. The van der Waals surface area contributed by atoms with E-state index in [4.69, 9.17) is 11.6 Å². The van der Waals surface area contributed by atoms with Gasteiger partial charge >= 0.3 is 0 Å². The molecule has 0 saturated heterocycles. The van der Waals surface area contributed by atoms with Crippen molar-refractivity contribution in [1.82, 2.24) is 4.90 Å². The van der Waals surface area contributed by atoms with Crippen molar-refractivity contribution in [2.24, 2.45) is 0 Å². The van der Waals surface area contributed by atoms with Crippen LogP contribution in [0.2, 0.25) is 5.02 Å². The topological polar surface area (TPSA) is 40.5 Å². The molecular formula is C24H19BrClNO2. The first-order valence-corrected chi connectivity index (χ1v) is 10.4. The van der Waals surface area contributed by atoms with Crippen LogP contribution in [0.5, 0.6) is 0 Å². The van der Waals surface area contributed by atoms with E-state index in [1.807, 2.05) is 67.6 Å². The average Bonchev–Trinajstić information content (AvgIpc) is 2.96. The number of carbonyl (C=O) groups excluding carboxylic acids is 1. The van der Waals surface area contributed by atoms with E-state index in [-0.39, 0.29) is 17.7 Å². The maximum Gasteiger partial charge on any atom is 0.290 e. The van der Waals surface area contributed by atoms with Crippen molar-refractivity contribution in [3.05, 3.63) is 110 Å². The van der Waals surface area contributed by atoms with Crippen molar-refractivity contribution in [3.8, 4) is 0 Å². The van der Waals surface area contributed by atoms with Gasteiger partial charge in [-0.15, -0.1) is 0 Å². The predicted octanol–water partition coefficient (Wildman–Crippen LogP) is 6.46. The molecule has 0 saturated carbocycles. The van der Waals surface area contributed by atoms with E-state index in [0.717, 1.165) is 26.7 Å². The fourth-order valence-corrected chi connectivity index (χ4v) is 4.01. The zero-order chi connectivity index (χ0) is 20.5. The van der Waals surface area contributed by atoms with Crippen LogP contribution in [0.1, 0.15) is 28.3 Å². The summed E-state index contributed by atoms with van der Waals surface area (Å²) in [6.07, 6.45) is 0. The van der Waals surface area contributed by atoms with Crippen molar-refractivity contribution in [3.63, 3.8) is 0 Å². The highest BCUT2D eigenvalue weighted by atomic mass is 79.9. The van der Waals surface area contributed by atoms with Gasteiger partial charge < -0.3 is 10.0 Å². The van der Waals surface area contributed by atoms with E-state index in [1.165, 1.54) is 0 Å². The van der Waals surface area contributed by atoms with Crippen molar-refractivity contribution in [2.75, 3.05) is 0 Å². The lowest BCUT2D eigenvalue weighted by Gasteiger charge is -2.27. The Hall–Kier alpha value is -2.56. The van der Waals surface area contributed by atoms with Crippen molar-refractivity contribution >= 4 is 39.0 Å². The molecule has 0 unspecified atom stereocenters. The lowest BCUT2D eigenvalue weighted by atomic mass is 9.93. The van der Waals surface area contributed by atoms with Crippen LogP contribution >= 0.6 is 27.5 Å². The Balaban J connectivity index is 1.80. The fourth-order valence-electron chi connectivity index (χ4n) is 3.62. The van der Waals surface area contributed by atoms with Gasteiger partial charge in [-0.3, -0.25) is 4.79 Å². The molecule has 1 amide bonds. The second-order valence-corrected chi connectivity index (χ2v) is 8.49. The lowest BCUT2D eigenvalue weighted by Crippen LogP contribution is -2.29. The molecule has 0 spiro atoms. The zero-order valence-corrected chi connectivity index (χ0v) is 18.1. The van der Waals surface area contributed by atoms with Gasteiger partial charge in [0.15, 0.2) is 5.76 Å². The molecule has 3 aromatic carbocycles. The number of aliphatic hydroxyl groups is 1. The molecule has 0 fully saturated rings. The maximum atomic E-state index is 13.1. The Morgan fingerprint density at radius 3 is 2.21 bits per heavy atom. The molecule has 0 aliphatic carbocycles.